The second-order valence-corrected chi connectivity index (χ2v) is 8.16. The zero-order valence-electron chi connectivity index (χ0n) is 12.3. The maximum Gasteiger partial charge on any atom is 0.244 e. The molecular weight excluding hydrogens is 354 g/mol. The van der Waals surface area contributed by atoms with Crippen LogP contribution in [-0.2, 0) is 16.6 Å². The molecule has 4 nitrogen and oxygen atoms in total. The van der Waals surface area contributed by atoms with E-state index in [2.05, 4.69) is 15.9 Å². The van der Waals surface area contributed by atoms with Gasteiger partial charge < -0.3 is 5.11 Å². The van der Waals surface area contributed by atoms with Crippen LogP contribution in [0.4, 0.5) is 0 Å². The number of hydrogen-bond donors (Lipinski definition) is 1. The summed E-state index contributed by atoms with van der Waals surface area (Å²) in [4.78, 5) is 0.259. The third kappa shape index (κ3) is 3.67. The minimum atomic E-state index is -3.53. The number of sulfonamides is 1. The number of benzene rings is 1. The summed E-state index contributed by atoms with van der Waals surface area (Å²) in [5.41, 5.74) is 0.611. The lowest BCUT2D eigenvalue weighted by Crippen LogP contribution is -2.39. The lowest BCUT2D eigenvalue weighted by molar-refractivity contribution is 0.281. The van der Waals surface area contributed by atoms with Crippen LogP contribution in [0.15, 0.2) is 27.6 Å². The van der Waals surface area contributed by atoms with Crippen LogP contribution in [0.1, 0.15) is 44.6 Å². The molecule has 0 spiro atoms. The Labute approximate surface area is 135 Å². The van der Waals surface area contributed by atoms with E-state index >= 15 is 0 Å². The molecular formula is C15H22BrNO3S. The zero-order valence-corrected chi connectivity index (χ0v) is 14.7. The molecule has 1 atom stereocenters. The van der Waals surface area contributed by atoms with Crippen LogP contribution in [0.2, 0.25) is 0 Å². The molecule has 0 aromatic heterocycles. The number of nitrogens with zero attached hydrogens (tertiary/aromatic N) is 1. The molecule has 0 bridgehead atoms. The van der Waals surface area contributed by atoms with Crippen molar-refractivity contribution >= 4 is 26.0 Å². The van der Waals surface area contributed by atoms with Gasteiger partial charge in [-0.25, -0.2) is 8.42 Å². The lowest BCUT2D eigenvalue weighted by Gasteiger charge is -2.28. The van der Waals surface area contributed by atoms with Gasteiger partial charge in [0.05, 0.1) is 11.5 Å². The highest BCUT2D eigenvalue weighted by molar-refractivity contribution is 9.10. The molecule has 1 aromatic rings. The molecule has 6 heteroatoms. The molecule has 21 heavy (non-hydrogen) atoms. The van der Waals surface area contributed by atoms with Gasteiger partial charge in [0.15, 0.2) is 0 Å². The van der Waals surface area contributed by atoms with Crippen molar-refractivity contribution in [2.75, 3.05) is 6.54 Å². The Kier molecular flexibility index (Phi) is 5.82. The number of hydrogen-bond acceptors (Lipinski definition) is 3. The van der Waals surface area contributed by atoms with Crippen LogP contribution < -0.4 is 0 Å². The number of rotatable bonds is 4. The third-order valence-corrected chi connectivity index (χ3v) is 7.00. The van der Waals surface area contributed by atoms with Gasteiger partial charge in [0.1, 0.15) is 0 Å². The highest BCUT2D eigenvalue weighted by Gasteiger charge is 2.32. The van der Waals surface area contributed by atoms with Crippen molar-refractivity contribution < 1.29 is 13.5 Å². The maximum atomic E-state index is 13.0. The molecule has 1 heterocycles. The van der Waals surface area contributed by atoms with E-state index in [0.29, 0.717) is 16.6 Å². The Bertz CT molecular complexity index is 589. The quantitative estimate of drug-likeness (QED) is 0.878. The van der Waals surface area contributed by atoms with Crippen molar-refractivity contribution in [2.45, 2.75) is 56.6 Å². The fourth-order valence-electron chi connectivity index (χ4n) is 2.85. The van der Waals surface area contributed by atoms with Crippen molar-refractivity contribution in [1.29, 1.82) is 0 Å². The molecule has 0 saturated carbocycles. The summed E-state index contributed by atoms with van der Waals surface area (Å²) in [6, 6.07) is 5.05. The van der Waals surface area contributed by atoms with Gasteiger partial charge in [0, 0.05) is 17.1 Å². The normalized spacial score (nSPS) is 21.2. The van der Waals surface area contributed by atoms with E-state index in [1.165, 1.54) is 0 Å². The topological polar surface area (TPSA) is 57.6 Å². The van der Waals surface area contributed by atoms with Crippen LogP contribution in [0, 0.1) is 0 Å². The molecule has 1 aliphatic rings. The molecule has 1 N–H and O–H groups in total. The first-order valence-corrected chi connectivity index (χ1v) is 9.65. The first kappa shape index (κ1) is 16.9. The number of aliphatic hydroxyl groups is 1. The van der Waals surface area contributed by atoms with Crippen molar-refractivity contribution in [3.63, 3.8) is 0 Å². The molecule has 1 unspecified atom stereocenters. The van der Waals surface area contributed by atoms with Crippen molar-refractivity contribution in [2.24, 2.45) is 0 Å². The number of halogens is 1. The summed E-state index contributed by atoms with van der Waals surface area (Å²) < 4.78 is 28.2. The zero-order chi connectivity index (χ0) is 15.5. The molecule has 2 rings (SSSR count). The van der Waals surface area contributed by atoms with Gasteiger partial charge in [-0.3, -0.25) is 0 Å². The Morgan fingerprint density at radius 3 is 2.76 bits per heavy atom. The minimum Gasteiger partial charge on any atom is -0.392 e. The predicted molar refractivity (Wildman–Crippen MR) is 86.5 cm³/mol. The van der Waals surface area contributed by atoms with E-state index in [9.17, 15) is 13.5 Å². The van der Waals surface area contributed by atoms with Gasteiger partial charge in [0.25, 0.3) is 0 Å². The monoisotopic (exact) mass is 375 g/mol. The summed E-state index contributed by atoms with van der Waals surface area (Å²) in [6.07, 6.45) is 4.83. The first-order valence-electron chi connectivity index (χ1n) is 7.41. The summed E-state index contributed by atoms with van der Waals surface area (Å²) >= 11 is 3.34. The van der Waals surface area contributed by atoms with Crippen LogP contribution >= 0.6 is 15.9 Å². The van der Waals surface area contributed by atoms with E-state index in [1.807, 2.05) is 6.92 Å². The largest absolute Gasteiger partial charge is 0.392 e. The Morgan fingerprint density at radius 2 is 2.10 bits per heavy atom. The predicted octanol–water partition coefficient (Wildman–Crippen LogP) is 3.28. The summed E-state index contributed by atoms with van der Waals surface area (Å²) in [5, 5.41) is 9.25. The van der Waals surface area contributed by atoms with Gasteiger partial charge >= 0.3 is 0 Å². The summed E-state index contributed by atoms with van der Waals surface area (Å²) in [7, 11) is -3.53. The van der Waals surface area contributed by atoms with Gasteiger partial charge in [0.2, 0.25) is 10.0 Å². The highest BCUT2D eigenvalue weighted by Crippen LogP contribution is 2.31. The van der Waals surface area contributed by atoms with Gasteiger partial charge in [-0.05, 0) is 52.9 Å². The smallest absolute Gasteiger partial charge is 0.244 e. The van der Waals surface area contributed by atoms with Crippen LogP contribution in [0.25, 0.3) is 0 Å². The minimum absolute atomic E-state index is 0.0715. The van der Waals surface area contributed by atoms with E-state index in [1.54, 1.807) is 22.5 Å². The summed E-state index contributed by atoms with van der Waals surface area (Å²) in [5.74, 6) is 0. The molecule has 1 saturated heterocycles. The van der Waals surface area contributed by atoms with Gasteiger partial charge in [-0.15, -0.1) is 0 Å². The standard InChI is InChI=1S/C15H22BrNO3S/c1-2-13-6-4-3-5-9-17(13)21(19,20)15-10-12(11-18)7-8-14(15)16/h7-8,10,13,18H,2-6,9,11H2,1H3. The van der Waals surface area contributed by atoms with Crippen LogP contribution in [-0.4, -0.2) is 30.4 Å². The fourth-order valence-corrected chi connectivity index (χ4v) is 5.59. The second-order valence-electron chi connectivity index (χ2n) is 5.45. The fraction of sp³-hybridized carbons (Fsp3) is 0.600. The van der Waals surface area contributed by atoms with E-state index < -0.39 is 10.0 Å². The second kappa shape index (κ2) is 7.22. The molecule has 118 valence electrons. The lowest BCUT2D eigenvalue weighted by atomic mass is 10.1. The van der Waals surface area contributed by atoms with E-state index in [4.69, 9.17) is 0 Å². The first-order chi connectivity index (χ1) is 10.0. The molecule has 1 fully saturated rings. The third-order valence-electron chi connectivity index (χ3n) is 4.06. The van der Waals surface area contributed by atoms with Crippen LogP contribution in [0.5, 0.6) is 0 Å². The SMILES string of the molecule is CCC1CCCCCN1S(=O)(=O)c1cc(CO)ccc1Br. The highest BCUT2D eigenvalue weighted by atomic mass is 79.9. The van der Waals surface area contributed by atoms with Gasteiger partial charge in [-0.1, -0.05) is 25.8 Å². The average Bonchev–Trinajstić information content (AvgIpc) is 2.73. The Morgan fingerprint density at radius 1 is 1.33 bits per heavy atom. The van der Waals surface area contributed by atoms with Crippen LogP contribution in [0.3, 0.4) is 0 Å². The molecule has 1 aliphatic heterocycles. The van der Waals surface area contributed by atoms with Crippen molar-refractivity contribution in [3.05, 3.63) is 28.2 Å². The molecule has 0 amide bonds. The van der Waals surface area contributed by atoms with Crippen molar-refractivity contribution in [1.82, 2.24) is 4.31 Å². The average molecular weight is 376 g/mol. The molecule has 0 radical (unpaired) electrons. The molecule has 1 aromatic carbocycles. The molecule has 0 aliphatic carbocycles. The van der Waals surface area contributed by atoms with Crippen molar-refractivity contribution in [3.8, 4) is 0 Å². The number of aliphatic hydroxyl groups excluding tert-OH is 1. The van der Waals surface area contributed by atoms with E-state index in [-0.39, 0.29) is 17.5 Å². The Hall–Kier alpha value is -0.430. The van der Waals surface area contributed by atoms with Gasteiger partial charge in [-0.2, -0.15) is 4.31 Å². The Balaban J connectivity index is 2.44. The van der Waals surface area contributed by atoms with E-state index in [0.717, 1.165) is 32.1 Å². The summed E-state index contributed by atoms with van der Waals surface area (Å²) in [6.45, 7) is 2.46. The maximum absolute atomic E-state index is 13.0.